The topological polar surface area (TPSA) is 59.1 Å². The first-order chi connectivity index (χ1) is 9.63. The number of nitrogens with one attached hydrogen (secondary N) is 1. The van der Waals surface area contributed by atoms with Gasteiger partial charge in [-0.3, -0.25) is 5.41 Å². The van der Waals surface area contributed by atoms with Crippen molar-refractivity contribution >= 4 is 21.8 Å². The van der Waals surface area contributed by atoms with E-state index in [1.54, 1.807) is 6.07 Å². The molecule has 0 heterocycles. The lowest BCUT2D eigenvalue weighted by Gasteiger charge is -2.12. The first-order valence-corrected chi connectivity index (χ1v) is 7.36. The Kier molecular flexibility index (Phi) is 3.49. The van der Waals surface area contributed by atoms with Gasteiger partial charge in [0.1, 0.15) is 17.3 Å². The van der Waals surface area contributed by atoms with Crippen LogP contribution in [0, 0.1) is 5.41 Å². The van der Waals surface area contributed by atoms with Crippen molar-refractivity contribution in [1.82, 2.24) is 0 Å². The van der Waals surface area contributed by atoms with Gasteiger partial charge in [-0.05, 0) is 60.7 Å². The third kappa shape index (κ3) is 2.56. The van der Waals surface area contributed by atoms with Gasteiger partial charge in [-0.2, -0.15) is 0 Å². The van der Waals surface area contributed by atoms with Crippen molar-refractivity contribution in [2.75, 3.05) is 0 Å². The number of amidine groups is 1. The number of nitrogen functional groups attached to an aromatic ring is 1. The molecule has 2 aromatic rings. The zero-order chi connectivity index (χ0) is 14.1. The van der Waals surface area contributed by atoms with E-state index in [1.165, 1.54) is 17.5 Å². The lowest BCUT2D eigenvalue weighted by Crippen LogP contribution is -2.12. The van der Waals surface area contributed by atoms with Crippen LogP contribution in [0.3, 0.4) is 0 Å². The fourth-order valence-corrected chi connectivity index (χ4v) is 2.90. The van der Waals surface area contributed by atoms with Gasteiger partial charge in [0.05, 0.1) is 5.56 Å². The minimum atomic E-state index is 0.00228. The van der Waals surface area contributed by atoms with Gasteiger partial charge >= 0.3 is 0 Å². The summed E-state index contributed by atoms with van der Waals surface area (Å²) in [5.41, 5.74) is 8.99. The van der Waals surface area contributed by atoms with Gasteiger partial charge in [0, 0.05) is 4.47 Å². The average molecular weight is 331 g/mol. The maximum Gasteiger partial charge on any atom is 0.138 e. The molecule has 0 radical (unpaired) electrons. The number of halogens is 1. The largest absolute Gasteiger partial charge is 0.457 e. The van der Waals surface area contributed by atoms with Crippen LogP contribution in [-0.2, 0) is 12.8 Å². The summed E-state index contributed by atoms with van der Waals surface area (Å²) in [6.07, 6.45) is 3.49. The number of benzene rings is 2. The van der Waals surface area contributed by atoms with Crippen LogP contribution in [0.1, 0.15) is 23.1 Å². The van der Waals surface area contributed by atoms with Gasteiger partial charge < -0.3 is 10.5 Å². The fourth-order valence-electron chi connectivity index (χ4n) is 2.54. The number of ether oxygens (including phenoxy) is 1. The van der Waals surface area contributed by atoms with Crippen LogP contribution in [-0.4, -0.2) is 5.84 Å². The summed E-state index contributed by atoms with van der Waals surface area (Å²) in [5, 5.41) is 7.64. The molecule has 0 amide bonds. The van der Waals surface area contributed by atoms with Gasteiger partial charge in [-0.25, -0.2) is 0 Å². The Morgan fingerprint density at radius 1 is 1.10 bits per heavy atom. The van der Waals surface area contributed by atoms with Gasteiger partial charge in [0.15, 0.2) is 0 Å². The molecule has 0 unspecified atom stereocenters. The molecule has 0 aromatic heterocycles. The molecule has 3 nitrogen and oxygen atoms in total. The van der Waals surface area contributed by atoms with Crippen molar-refractivity contribution in [3.8, 4) is 11.5 Å². The van der Waals surface area contributed by atoms with Crippen LogP contribution in [0.25, 0.3) is 0 Å². The lowest BCUT2D eigenvalue weighted by atomic mass is 10.1. The Balaban J connectivity index is 1.93. The first kappa shape index (κ1) is 13.2. The number of aryl methyl sites for hydroxylation is 2. The third-order valence-corrected chi connectivity index (χ3v) is 4.02. The first-order valence-electron chi connectivity index (χ1n) is 6.57. The quantitative estimate of drug-likeness (QED) is 0.659. The molecule has 4 heteroatoms. The number of nitrogens with two attached hydrogens (primary N) is 1. The molecule has 0 fully saturated rings. The van der Waals surface area contributed by atoms with Crippen LogP contribution in [0.2, 0.25) is 0 Å². The Morgan fingerprint density at radius 2 is 1.90 bits per heavy atom. The standard InChI is InChI=1S/C16H15BrN2O/c17-12-5-7-15(14(9-12)16(18)19)20-13-6-4-10-2-1-3-11(10)8-13/h4-9H,1-3H2,(H3,18,19). The zero-order valence-corrected chi connectivity index (χ0v) is 12.5. The van der Waals surface area contributed by atoms with Crippen LogP contribution >= 0.6 is 15.9 Å². The zero-order valence-electron chi connectivity index (χ0n) is 10.9. The van der Waals surface area contributed by atoms with Crippen molar-refractivity contribution in [3.63, 3.8) is 0 Å². The smallest absolute Gasteiger partial charge is 0.138 e. The molecule has 1 aliphatic carbocycles. The van der Waals surface area contributed by atoms with Crippen LogP contribution in [0.4, 0.5) is 0 Å². The number of rotatable bonds is 3. The molecular weight excluding hydrogens is 316 g/mol. The fraction of sp³-hybridized carbons (Fsp3) is 0.188. The van der Waals surface area contributed by atoms with Gasteiger partial charge in [-0.15, -0.1) is 0 Å². The van der Waals surface area contributed by atoms with Crippen LogP contribution in [0.5, 0.6) is 11.5 Å². The molecule has 2 aromatic carbocycles. The van der Waals surface area contributed by atoms with E-state index in [-0.39, 0.29) is 5.84 Å². The van der Waals surface area contributed by atoms with E-state index in [4.69, 9.17) is 15.9 Å². The predicted molar refractivity (Wildman–Crippen MR) is 83.7 cm³/mol. The summed E-state index contributed by atoms with van der Waals surface area (Å²) in [6.45, 7) is 0. The molecule has 102 valence electrons. The highest BCUT2D eigenvalue weighted by molar-refractivity contribution is 9.10. The Morgan fingerprint density at radius 3 is 2.70 bits per heavy atom. The van der Waals surface area contributed by atoms with E-state index < -0.39 is 0 Å². The van der Waals surface area contributed by atoms with E-state index in [2.05, 4.69) is 28.1 Å². The average Bonchev–Trinajstić information content (AvgIpc) is 2.88. The predicted octanol–water partition coefficient (Wildman–Crippen LogP) is 4.01. The monoisotopic (exact) mass is 330 g/mol. The minimum absolute atomic E-state index is 0.00228. The molecule has 0 aliphatic heterocycles. The summed E-state index contributed by atoms with van der Waals surface area (Å²) in [7, 11) is 0. The van der Waals surface area contributed by atoms with Crippen molar-refractivity contribution in [3.05, 3.63) is 57.6 Å². The van der Waals surface area contributed by atoms with Crippen LogP contribution in [0.15, 0.2) is 40.9 Å². The van der Waals surface area contributed by atoms with E-state index in [9.17, 15) is 0 Å². The van der Waals surface area contributed by atoms with Gasteiger partial charge in [0.25, 0.3) is 0 Å². The van der Waals surface area contributed by atoms with E-state index in [0.29, 0.717) is 11.3 Å². The Bertz CT molecular complexity index is 682. The molecule has 0 spiro atoms. The molecule has 0 bridgehead atoms. The summed E-state index contributed by atoms with van der Waals surface area (Å²) in [6, 6.07) is 11.7. The molecule has 0 saturated carbocycles. The van der Waals surface area contributed by atoms with Crippen molar-refractivity contribution in [2.24, 2.45) is 5.73 Å². The van der Waals surface area contributed by atoms with Crippen molar-refractivity contribution in [2.45, 2.75) is 19.3 Å². The second-order valence-corrected chi connectivity index (χ2v) is 5.86. The van der Waals surface area contributed by atoms with Crippen molar-refractivity contribution < 1.29 is 4.74 Å². The second-order valence-electron chi connectivity index (χ2n) is 4.94. The van der Waals surface area contributed by atoms with Gasteiger partial charge in [0.2, 0.25) is 0 Å². The molecule has 3 rings (SSSR count). The van der Waals surface area contributed by atoms with Crippen LogP contribution < -0.4 is 10.5 Å². The van der Waals surface area contributed by atoms with E-state index >= 15 is 0 Å². The maximum absolute atomic E-state index is 7.64. The van der Waals surface area contributed by atoms with E-state index in [0.717, 1.165) is 23.1 Å². The highest BCUT2D eigenvalue weighted by Gasteiger charge is 2.13. The molecule has 20 heavy (non-hydrogen) atoms. The lowest BCUT2D eigenvalue weighted by molar-refractivity contribution is 0.481. The number of fused-ring (bicyclic) bond motifs is 1. The summed E-state index contributed by atoms with van der Waals surface area (Å²) in [5.74, 6) is 1.41. The maximum atomic E-state index is 7.64. The highest BCUT2D eigenvalue weighted by Crippen LogP contribution is 2.31. The molecule has 0 saturated heterocycles. The van der Waals surface area contributed by atoms with Gasteiger partial charge in [-0.1, -0.05) is 22.0 Å². The number of hydrogen-bond acceptors (Lipinski definition) is 2. The number of hydrogen-bond donors (Lipinski definition) is 2. The third-order valence-electron chi connectivity index (χ3n) is 3.53. The highest BCUT2D eigenvalue weighted by atomic mass is 79.9. The molecule has 1 aliphatic rings. The minimum Gasteiger partial charge on any atom is -0.457 e. The Hall–Kier alpha value is -1.81. The summed E-state index contributed by atoms with van der Waals surface area (Å²) < 4.78 is 6.79. The van der Waals surface area contributed by atoms with E-state index in [1.807, 2.05) is 18.2 Å². The molecular formula is C16H15BrN2O. The molecule has 3 N–H and O–H groups in total. The second kappa shape index (κ2) is 5.29. The molecule has 0 atom stereocenters. The normalized spacial score (nSPS) is 13.1. The Labute approximate surface area is 126 Å². The summed E-state index contributed by atoms with van der Waals surface area (Å²) >= 11 is 3.38. The SMILES string of the molecule is N=C(N)c1cc(Br)ccc1Oc1ccc2c(c1)CCC2. The summed E-state index contributed by atoms with van der Waals surface area (Å²) in [4.78, 5) is 0. The van der Waals surface area contributed by atoms with Crippen molar-refractivity contribution in [1.29, 1.82) is 5.41 Å².